The number of aromatic nitrogens is 1. The molecule has 1 aliphatic carbocycles. The summed E-state index contributed by atoms with van der Waals surface area (Å²) in [7, 11) is 0. The molecular weight excluding hydrogens is 417 g/mol. The molecule has 0 spiro atoms. The van der Waals surface area contributed by atoms with Crippen LogP contribution in [-0.4, -0.2) is 47.0 Å². The average molecular weight is 451 g/mol. The van der Waals surface area contributed by atoms with Crippen LogP contribution in [0.25, 0.3) is 10.9 Å². The smallest absolute Gasteiger partial charge is 0.418 e. The Labute approximate surface area is 187 Å². The number of carbonyl (C=O) groups excluding carboxylic acids is 1. The van der Waals surface area contributed by atoms with Gasteiger partial charge in [-0.3, -0.25) is 9.47 Å². The summed E-state index contributed by atoms with van der Waals surface area (Å²) >= 11 is 0. The zero-order chi connectivity index (χ0) is 23.3. The Morgan fingerprint density at radius 1 is 1.12 bits per heavy atom. The third-order valence-corrected chi connectivity index (χ3v) is 6.52. The topological polar surface area (TPSA) is 34.5 Å². The van der Waals surface area contributed by atoms with Crippen molar-refractivity contribution in [1.82, 2.24) is 9.47 Å². The first kappa shape index (κ1) is 23.1. The predicted molar refractivity (Wildman–Crippen MR) is 119 cm³/mol. The Morgan fingerprint density at radius 2 is 1.78 bits per heavy atom. The molecule has 0 N–H and O–H groups in total. The molecule has 0 bridgehead atoms. The van der Waals surface area contributed by atoms with Crippen LogP contribution in [0.3, 0.4) is 0 Å². The summed E-state index contributed by atoms with van der Waals surface area (Å²) in [5.41, 5.74) is 3.98. The highest BCUT2D eigenvalue weighted by molar-refractivity contribution is 5.94. The van der Waals surface area contributed by atoms with Gasteiger partial charge in [0.25, 0.3) is 0 Å². The number of alkyl halides is 3. The van der Waals surface area contributed by atoms with Gasteiger partial charge in [0.1, 0.15) is 5.60 Å². The fourth-order valence-electron chi connectivity index (χ4n) is 4.96. The van der Waals surface area contributed by atoms with Crippen molar-refractivity contribution in [3.63, 3.8) is 0 Å². The summed E-state index contributed by atoms with van der Waals surface area (Å²) in [4.78, 5) is 14.3. The van der Waals surface area contributed by atoms with Crippen molar-refractivity contribution in [3.05, 3.63) is 35.0 Å². The first-order valence-corrected chi connectivity index (χ1v) is 11.6. The number of halogens is 3. The van der Waals surface area contributed by atoms with Gasteiger partial charge in [0.05, 0.1) is 12.1 Å². The lowest BCUT2D eigenvalue weighted by Crippen LogP contribution is -2.40. The molecule has 7 heteroatoms. The molecule has 2 fully saturated rings. The number of hydrogen-bond acceptors (Lipinski definition) is 3. The highest BCUT2D eigenvalue weighted by Gasteiger charge is 2.34. The van der Waals surface area contributed by atoms with Crippen LogP contribution in [0.4, 0.5) is 18.0 Å². The van der Waals surface area contributed by atoms with E-state index in [4.69, 9.17) is 4.74 Å². The zero-order valence-electron chi connectivity index (χ0n) is 19.4. The Kier molecular flexibility index (Phi) is 6.07. The van der Waals surface area contributed by atoms with Gasteiger partial charge in [-0.25, -0.2) is 4.79 Å². The summed E-state index contributed by atoms with van der Waals surface area (Å²) in [5.74, 6) is 0.913. The van der Waals surface area contributed by atoms with Crippen molar-refractivity contribution >= 4 is 17.0 Å². The van der Waals surface area contributed by atoms with E-state index in [1.165, 1.54) is 28.9 Å². The van der Waals surface area contributed by atoms with E-state index < -0.39 is 18.3 Å². The maximum Gasteiger partial charge on any atom is 0.418 e. The Hall–Kier alpha value is -2.02. The fraction of sp³-hybridized carbons (Fsp3) is 0.640. The van der Waals surface area contributed by atoms with Crippen LogP contribution in [0, 0.1) is 12.8 Å². The molecule has 0 atom stereocenters. The third-order valence-electron chi connectivity index (χ3n) is 6.52. The van der Waals surface area contributed by atoms with Crippen LogP contribution >= 0.6 is 0 Å². The second kappa shape index (κ2) is 8.40. The summed E-state index contributed by atoms with van der Waals surface area (Å²) in [5, 5.41) is 1.08. The van der Waals surface area contributed by atoms with Crippen molar-refractivity contribution < 1.29 is 22.7 Å². The Balaban J connectivity index is 1.60. The van der Waals surface area contributed by atoms with Gasteiger partial charge in [-0.05, 0) is 107 Å². The van der Waals surface area contributed by atoms with Gasteiger partial charge in [-0.15, -0.1) is 0 Å². The highest BCUT2D eigenvalue weighted by Crippen LogP contribution is 2.45. The van der Waals surface area contributed by atoms with Gasteiger partial charge in [0, 0.05) is 11.6 Å². The van der Waals surface area contributed by atoms with E-state index in [9.17, 15) is 18.0 Å². The lowest BCUT2D eigenvalue weighted by Gasteiger charge is -2.33. The molecular formula is C25H33F3N2O2. The summed E-state index contributed by atoms with van der Waals surface area (Å²) in [6.45, 7) is 7.74. The van der Waals surface area contributed by atoms with E-state index in [0.717, 1.165) is 35.7 Å². The molecule has 0 radical (unpaired) electrons. The number of nitrogens with zero attached hydrogens (tertiary/aromatic N) is 2. The molecule has 4 rings (SSSR count). The second-order valence-electron chi connectivity index (χ2n) is 10.5. The number of benzene rings is 1. The van der Waals surface area contributed by atoms with Gasteiger partial charge in [0.2, 0.25) is 0 Å². The second-order valence-corrected chi connectivity index (χ2v) is 10.5. The number of carbonyl (C=O) groups is 1. The van der Waals surface area contributed by atoms with Crippen LogP contribution in [0.15, 0.2) is 18.3 Å². The molecule has 32 heavy (non-hydrogen) atoms. The molecule has 1 saturated heterocycles. The third kappa shape index (κ3) is 5.30. The van der Waals surface area contributed by atoms with Gasteiger partial charge in [-0.1, -0.05) is 6.07 Å². The number of fused-ring (bicyclic) bond motifs is 1. The van der Waals surface area contributed by atoms with E-state index in [2.05, 4.69) is 6.07 Å². The lowest BCUT2D eigenvalue weighted by molar-refractivity contribution is -0.148. The predicted octanol–water partition coefficient (Wildman–Crippen LogP) is 6.43. The van der Waals surface area contributed by atoms with Crippen LogP contribution in [0.2, 0.25) is 0 Å². The molecule has 2 aromatic rings. The SMILES string of the molecule is Cc1cc(C2CC2)c(CC2CCN(CC(F)(F)F)CC2)c2ccn(C(=O)OC(C)(C)C)c12. The molecule has 2 aliphatic rings. The van der Waals surface area contributed by atoms with Crippen molar-refractivity contribution in [2.24, 2.45) is 5.92 Å². The number of ether oxygens (including phenoxy) is 1. The van der Waals surface area contributed by atoms with E-state index in [-0.39, 0.29) is 6.09 Å². The van der Waals surface area contributed by atoms with Crippen LogP contribution < -0.4 is 0 Å². The molecule has 4 nitrogen and oxygen atoms in total. The van der Waals surface area contributed by atoms with E-state index in [1.807, 2.05) is 33.8 Å². The fourth-order valence-corrected chi connectivity index (χ4v) is 4.96. The monoisotopic (exact) mass is 450 g/mol. The molecule has 0 amide bonds. The molecule has 1 saturated carbocycles. The minimum absolute atomic E-state index is 0.354. The quantitative estimate of drug-likeness (QED) is 0.539. The summed E-state index contributed by atoms with van der Waals surface area (Å²) in [6, 6.07) is 4.22. The molecule has 2 heterocycles. The summed E-state index contributed by atoms with van der Waals surface area (Å²) < 4.78 is 45.4. The van der Waals surface area contributed by atoms with Crippen molar-refractivity contribution in [2.75, 3.05) is 19.6 Å². The Bertz CT molecular complexity index is 991. The molecule has 1 aliphatic heterocycles. The first-order valence-electron chi connectivity index (χ1n) is 11.6. The number of aryl methyl sites for hydroxylation is 1. The minimum atomic E-state index is -4.14. The van der Waals surface area contributed by atoms with Gasteiger partial charge < -0.3 is 4.74 Å². The largest absolute Gasteiger partial charge is 0.443 e. The van der Waals surface area contributed by atoms with Gasteiger partial charge in [0.15, 0.2) is 0 Å². The standard InChI is InChI=1S/C25H33F3N2O2/c1-16-13-20(18-5-6-18)21(14-17-7-10-29(11-8-17)15-25(26,27)28)19-9-12-30(22(16)19)23(31)32-24(2,3)4/h9,12-13,17-18H,5-8,10-11,14-15H2,1-4H3. The first-order chi connectivity index (χ1) is 14.9. The van der Waals surface area contributed by atoms with Crippen molar-refractivity contribution in [2.45, 2.75) is 77.5 Å². The lowest BCUT2D eigenvalue weighted by atomic mass is 9.85. The number of piperidine rings is 1. The zero-order valence-corrected chi connectivity index (χ0v) is 19.4. The van der Waals surface area contributed by atoms with Crippen molar-refractivity contribution in [1.29, 1.82) is 0 Å². The maximum absolute atomic E-state index is 12.8. The molecule has 1 aromatic carbocycles. The van der Waals surface area contributed by atoms with Gasteiger partial charge in [-0.2, -0.15) is 13.2 Å². The maximum atomic E-state index is 12.8. The molecule has 176 valence electrons. The number of hydrogen-bond donors (Lipinski definition) is 0. The Morgan fingerprint density at radius 3 is 2.34 bits per heavy atom. The van der Waals surface area contributed by atoms with Crippen molar-refractivity contribution in [3.8, 4) is 0 Å². The van der Waals surface area contributed by atoms with E-state index >= 15 is 0 Å². The minimum Gasteiger partial charge on any atom is -0.443 e. The molecule has 1 aromatic heterocycles. The van der Waals surface area contributed by atoms with E-state index in [0.29, 0.717) is 24.9 Å². The number of likely N-dealkylation sites (tertiary alicyclic amines) is 1. The van der Waals surface area contributed by atoms with Gasteiger partial charge >= 0.3 is 12.3 Å². The number of rotatable bonds is 4. The summed E-state index contributed by atoms with van der Waals surface area (Å²) in [6.07, 6.45) is 1.99. The van der Waals surface area contributed by atoms with Crippen LogP contribution in [0.1, 0.15) is 69.1 Å². The normalized spacial score (nSPS) is 19.0. The average Bonchev–Trinajstić information content (AvgIpc) is 3.40. The van der Waals surface area contributed by atoms with E-state index in [1.54, 1.807) is 10.8 Å². The molecule has 0 unspecified atom stereocenters. The highest BCUT2D eigenvalue weighted by atomic mass is 19.4. The van der Waals surface area contributed by atoms with Crippen LogP contribution in [-0.2, 0) is 11.2 Å². The van der Waals surface area contributed by atoms with Crippen LogP contribution in [0.5, 0.6) is 0 Å².